The van der Waals surface area contributed by atoms with Gasteiger partial charge in [0.05, 0.1) is 0 Å². The second kappa shape index (κ2) is 4.67. The lowest BCUT2D eigenvalue weighted by molar-refractivity contribution is 0.206. The van der Waals surface area contributed by atoms with Gasteiger partial charge in [-0.1, -0.05) is 6.92 Å². The molecule has 76 valence electrons. The van der Waals surface area contributed by atoms with Crippen molar-refractivity contribution < 1.29 is 0 Å². The van der Waals surface area contributed by atoms with Gasteiger partial charge in [0.2, 0.25) is 0 Å². The van der Waals surface area contributed by atoms with Gasteiger partial charge < -0.3 is 5.32 Å². The highest BCUT2D eigenvalue weighted by atomic mass is 32.2. The predicted molar refractivity (Wildman–Crippen MR) is 59.3 cm³/mol. The summed E-state index contributed by atoms with van der Waals surface area (Å²) >= 11 is 2.12. The minimum absolute atomic E-state index is 0.827. The molecule has 0 aromatic carbocycles. The Labute approximate surface area is 85.4 Å². The van der Waals surface area contributed by atoms with E-state index in [-0.39, 0.29) is 0 Å². The second-order valence-electron chi connectivity index (χ2n) is 4.32. The lowest BCUT2D eigenvalue weighted by Gasteiger charge is -2.27. The van der Waals surface area contributed by atoms with E-state index >= 15 is 0 Å². The molecule has 0 spiro atoms. The van der Waals surface area contributed by atoms with Gasteiger partial charge in [0, 0.05) is 31.4 Å². The number of hydrogen-bond donors (Lipinski definition) is 1. The van der Waals surface area contributed by atoms with Crippen LogP contribution in [0.5, 0.6) is 0 Å². The maximum absolute atomic E-state index is 3.50. The average Bonchev–Trinajstić information content (AvgIpc) is 2.56. The number of nitrogens with one attached hydrogen (secondary N) is 1. The van der Waals surface area contributed by atoms with Crippen LogP contribution in [0.1, 0.15) is 13.3 Å². The maximum Gasteiger partial charge on any atom is 0.0194 e. The topological polar surface area (TPSA) is 15.3 Å². The number of thioether (sulfide) groups is 1. The van der Waals surface area contributed by atoms with Crippen molar-refractivity contribution >= 4 is 11.8 Å². The van der Waals surface area contributed by atoms with Crippen molar-refractivity contribution in [2.24, 2.45) is 5.92 Å². The molecular formula is C10H20N2S. The van der Waals surface area contributed by atoms with Gasteiger partial charge in [0.1, 0.15) is 0 Å². The van der Waals surface area contributed by atoms with E-state index in [0.717, 1.165) is 12.0 Å². The molecule has 3 heteroatoms. The lowest BCUT2D eigenvalue weighted by Crippen LogP contribution is -2.39. The fraction of sp³-hybridized carbons (Fsp3) is 1.00. The Hall–Kier alpha value is 0.270. The molecule has 1 N–H and O–H groups in total. The molecule has 0 aromatic heterocycles. The zero-order valence-corrected chi connectivity index (χ0v) is 9.28. The van der Waals surface area contributed by atoms with Crippen molar-refractivity contribution in [1.29, 1.82) is 0 Å². The van der Waals surface area contributed by atoms with Gasteiger partial charge in [-0.05, 0) is 24.6 Å². The summed E-state index contributed by atoms with van der Waals surface area (Å²) in [5.74, 6) is 3.57. The van der Waals surface area contributed by atoms with Crippen LogP contribution in [0.15, 0.2) is 0 Å². The fourth-order valence-corrected chi connectivity index (χ4v) is 3.52. The summed E-state index contributed by atoms with van der Waals surface area (Å²) in [4.78, 5) is 2.70. The predicted octanol–water partition coefficient (Wildman–Crippen LogP) is 1.03. The zero-order valence-electron chi connectivity index (χ0n) is 8.46. The molecule has 2 fully saturated rings. The van der Waals surface area contributed by atoms with Crippen LogP contribution in [-0.2, 0) is 0 Å². The molecule has 2 aliphatic heterocycles. The van der Waals surface area contributed by atoms with Crippen molar-refractivity contribution in [3.63, 3.8) is 0 Å². The first-order chi connectivity index (χ1) is 6.36. The first kappa shape index (κ1) is 9.81. The van der Waals surface area contributed by atoms with Crippen LogP contribution >= 0.6 is 11.8 Å². The SMILES string of the molecule is CC1CNCCN(C2CCSC2)C1. The smallest absolute Gasteiger partial charge is 0.0194 e. The van der Waals surface area contributed by atoms with Crippen LogP contribution in [0, 0.1) is 5.92 Å². The largest absolute Gasteiger partial charge is 0.315 e. The van der Waals surface area contributed by atoms with Crippen LogP contribution in [-0.4, -0.2) is 48.6 Å². The molecule has 2 unspecified atom stereocenters. The summed E-state index contributed by atoms with van der Waals surface area (Å²) in [6.45, 7) is 7.31. The first-order valence-electron chi connectivity index (χ1n) is 5.39. The Morgan fingerprint density at radius 2 is 2.38 bits per heavy atom. The summed E-state index contributed by atoms with van der Waals surface area (Å²) in [7, 11) is 0. The molecule has 13 heavy (non-hydrogen) atoms. The van der Waals surface area contributed by atoms with Crippen molar-refractivity contribution in [1.82, 2.24) is 10.2 Å². The van der Waals surface area contributed by atoms with E-state index in [1.807, 2.05) is 0 Å². The van der Waals surface area contributed by atoms with Gasteiger partial charge >= 0.3 is 0 Å². The van der Waals surface area contributed by atoms with Gasteiger partial charge in [-0.2, -0.15) is 11.8 Å². The quantitative estimate of drug-likeness (QED) is 0.681. The van der Waals surface area contributed by atoms with Crippen molar-refractivity contribution in [2.75, 3.05) is 37.7 Å². The Bertz CT molecular complexity index is 157. The van der Waals surface area contributed by atoms with Gasteiger partial charge in [-0.25, -0.2) is 0 Å². The van der Waals surface area contributed by atoms with Gasteiger partial charge in [-0.15, -0.1) is 0 Å². The number of nitrogens with zero attached hydrogens (tertiary/aromatic N) is 1. The number of hydrogen-bond acceptors (Lipinski definition) is 3. The Balaban J connectivity index is 1.88. The molecule has 2 nitrogen and oxygen atoms in total. The Kier molecular flexibility index (Phi) is 3.52. The second-order valence-corrected chi connectivity index (χ2v) is 5.47. The van der Waals surface area contributed by atoms with E-state index in [2.05, 4.69) is 28.9 Å². The molecule has 2 aliphatic rings. The molecule has 2 rings (SSSR count). The average molecular weight is 200 g/mol. The van der Waals surface area contributed by atoms with Crippen molar-refractivity contribution in [3.05, 3.63) is 0 Å². The molecule has 2 atom stereocenters. The van der Waals surface area contributed by atoms with Crippen LogP contribution in [0.2, 0.25) is 0 Å². The fourth-order valence-electron chi connectivity index (χ4n) is 2.27. The molecule has 2 saturated heterocycles. The molecule has 0 aromatic rings. The van der Waals surface area contributed by atoms with Gasteiger partial charge in [0.25, 0.3) is 0 Å². The van der Waals surface area contributed by atoms with E-state index in [1.54, 1.807) is 0 Å². The maximum atomic E-state index is 3.50. The molecular weight excluding hydrogens is 180 g/mol. The summed E-state index contributed by atoms with van der Waals surface area (Å²) in [6, 6.07) is 0.882. The Morgan fingerprint density at radius 1 is 1.46 bits per heavy atom. The normalized spacial score (nSPS) is 37.6. The minimum Gasteiger partial charge on any atom is -0.315 e. The molecule has 0 radical (unpaired) electrons. The Morgan fingerprint density at radius 3 is 3.15 bits per heavy atom. The van der Waals surface area contributed by atoms with E-state index in [9.17, 15) is 0 Å². The molecule has 0 amide bonds. The molecule has 0 bridgehead atoms. The third-order valence-corrected chi connectivity index (χ3v) is 4.18. The van der Waals surface area contributed by atoms with Crippen LogP contribution in [0.4, 0.5) is 0 Å². The van der Waals surface area contributed by atoms with Crippen molar-refractivity contribution in [2.45, 2.75) is 19.4 Å². The van der Waals surface area contributed by atoms with E-state index in [4.69, 9.17) is 0 Å². The van der Waals surface area contributed by atoms with E-state index in [0.29, 0.717) is 0 Å². The lowest BCUT2D eigenvalue weighted by atomic mass is 10.1. The van der Waals surface area contributed by atoms with Crippen LogP contribution in [0.3, 0.4) is 0 Å². The zero-order chi connectivity index (χ0) is 9.10. The first-order valence-corrected chi connectivity index (χ1v) is 6.54. The standard InChI is InChI=1S/C10H20N2S/c1-9-6-11-3-4-12(7-9)10-2-5-13-8-10/h9-11H,2-8H2,1H3. The highest BCUT2D eigenvalue weighted by molar-refractivity contribution is 7.99. The molecule has 0 aliphatic carbocycles. The highest BCUT2D eigenvalue weighted by Crippen LogP contribution is 2.23. The summed E-state index contributed by atoms with van der Waals surface area (Å²) in [6.07, 6.45) is 1.41. The third kappa shape index (κ3) is 2.61. The summed E-state index contributed by atoms with van der Waals surface area (Å²) < 4.78 is 0. The van der Waals surface area contributed by atoms with Gasteiger partial charge in [0.15, 0.2) is 0 Å². The van der Waals surface area contributed by atoms with Crippen LogP contribution in [0.25, 0.3) is 0 Å². The monoisotopic (exact) mass is 200 g/mol. The minimum atomic E-state index is 0.827. The molecule has 0 saturated carbocycles. The summed E-state index contributed by atoms with van der Waals surface area (Å²) in [5.41, 5.74) is 0. The summed E-state index contributed by atoms with van der Waals surface area (Å²) in [5, 5.41) is 3.50. The van der Waals surface area contributed by atoms with Crippen molar-refractivity contribution in [3.8, 4) is 0 Å². The third-order valence-electron chi connectivity index (χ3n) is 3.04. The highest BCUT2D eigenvalue weighted by Gasteiger charge is 2.25. The number of rotatable bonds is 1. The van der Waals surface area contributed by atoms with E-state index < -0.39 is 0 Å². The molecule has 2 heterocycles. The van der Waals surface area contributed by atoms with Crippen LogP contribution < -0.4 is 5.32 Å². The van der Waals surface area contributed by atoms with E-state index in [1.165, 1.54) is 44.1 Å². The van der Waals surface area contributed by atoms with Gasteiger partial charge in [-0.3, -0.25) is 4.90 Å².